The minimum Gasteiger partial charge on any atom is -0.496 e. The fourth-order valence-corrected chi connectivity index (χ4v) is 4.65. The van der Waals surface area contributed by atoms with E-state index in [1.807, 2.05) is 31.2 Å². The number of ether oxygens (including phenoxy) is 4. The van der Waals surface area contributed by atoms with Gasteiger partial charge < -0.3 is 29.6 Å². The number of rotatable bonds is 5. The van der Waals surface area contributed by atoms with E-state index in [9.17, 15) is 9.59 Å². The third kappa shape index (κ3) is 3.86. The van der Waals surface area contributed by atoms with Crippen molar-refractivity contribution in [3.8, 4) is 17.2 Å². The predicted octanol–water partition coefficient (Wildman–Crippen LogP) is 3.94. The van der Waals surface area contributed by atoms with Crippen LogP contribution in [0.2, 0.25) is 0 Å². The number of benzene rings is 2. The van der Waals surface area contributed by atoms with Crippen molar-refractivity contribution < 1.29 is 28.5 Å². The molecular formula is C25H28N2O6. The highest BCUT2D eigenvalue weighted by atomic mass is 16.5. The van der Waals surface area contributed by atoms with Crippen LogP contribution >= 0.6 is 0 Å². The van der Waals surface area contributed by atoms with Gasteiger partial charge in [0.2, 0.25) is 0 Å². The van der Waals surface area contributed by atoms with Crippen molar-refractivity contribution in [3.63, 3.8) is 0 Å². The Kier molecular flexibility index (Phi) is 6.18. The van der Waals surface area contributed by atoms with Gasteiger partial charge in [0.1, 0.15) is 11.7 Å². The van der Waals surface area contributed by atoms with Crippen LogP contribution in [0.15, 0.2) is 47.7 Å². The normalized spacial score (nSPS) is 21.6. The Morgan fingerprint density at radius 1 is 0.939 bits per heavy atom. The maximum Gasteiger partial charge on any atom is 0.316 e. The molecule has 0 aromatic heterocycles. The molecule has 8 nitrogen and oxygen atoms in total. The van der Waals surface area contributed by atoms with Crippen LogP contribution in [0, 0.1) is 11.8 Å². The maximum atomic E-state index is 13.8. The summed E-state index contributed by atoms with van der Waals surface area (Å²) in [6.07, 6.45) is 0.517. The van der Waals surface area contributed by atoms with Gasteiger partial charge >= 0.3 is 5.97 Å². The van der Waals surface area contributed by atoms with E-state index >= 15 is 0 Å². The number of allylic oxidation sites excluding steroid dienone is 1. The van der Waals surface area contributed by atoms with E-state index in [0.717, 1.165) is 17.1 Å². The summed E-state index contributed by atoms with van der Waals surface area (Å²) < 4.78 is 21.6. The van der Waals surface area contributed by atoms with Crippen molar-refractivity contribution in [1.29, 1.82) is 0 Å². The fourth-order valence-electron chi connectivity index (χ4n) is 4.65. The summed E-state index contributed by atoms with van der Waals surface area (Å²) in [4.78, 5) is 26.3. The zero-order chi connectivity index (χ0) is 23.7. The molecule has 2 aromatic carbocycles. The largest absolute Gasteiger partial charge is 0.496 e. The summed E-state index contributed by atoms with van der Waals surface area (Å²) in [5.41, 5.74) is 3.61. The standard InChI is InChI=1S/C25H28N2O6/c1-13-10-17-22(24(28)21(13)25(29)33-5)23(27-16-9-7-6-8-15(16)26-17)14-11-19(31-3)20(32-4)12-18(14)30-2/h6-9,11-13,21,23,26-27H,10H2,1-5H3/t13-,21-,23+/m1/s1. The first kappa shape index (κ1) is 22.5. The molecule has 2 aromatic rings. The molecule has 0 radical (unpaired) electrons. The summed E-state index contributed by atoms with van der Waals surface area (Å²) in [5.74, 6) is -0.359. The number of carbonyl (C=O) groups is 2. The van der Waals surface area contributed by atoms with Crippen molar-refractivity contribution in [2.24, 2.45) is 11.8 Å². The number of anilines is 2. The molecule has 0 amide bonds. The number of carbonyl (C=O) groups excluding carboxylic acids is 2. The van der Waals surface area contributed by atoms with E-state index in [2.05, 4.69) is 10.6 Å². The van der Waals surface area contributed by atoms with Gasteiger partial charge in [-0.2, -0.15) is 0 Å². The molecule has 0 saturated carbocycles. The smallest absolute Gasteiger partial charge is 0.316 e. The topological polar surface area (TPSA) is 95.1 Å². The van der Waals surface area contributed by atoms with Gasteiger partial charge in [-0.3, -0.25) is 9.59 Å². The van der Waals surface area contributed by atoms with Crippen LogP contribution < -0.4 is 24.8 Å². The molecule has 2 aliphatic rings. The van der Waals surface area contributed by atoms with E-state index < -0.39 is 17.9 Å². The summed E-state index contributed by atoms with van der Waals surface area (Å²) in [5, 5.41) is 6.93. The van der Waals surface area contributed by atoms with Gasteiger partial charge in [0.25, 0.3) is 0 Å². The second-order valence-corrected chi connectivity index (χ2v) is 8.14. The zero-order valence-electron chi connectivity index (χ0n) is 19.4. The van der Waals surface area contributed by atoms with Gasteiger partial charge in [-0.05, 0) is 30.5 Å². The number of methoxy groups -OCH3 is 4. The SMILES string of the molecule is COC(=O)[C@H]1C(=O)C2=C(C[C@H]1C)Nc1ccccc1N[C@H]2c1cc(OC)c(OC)cc1OC. The molecule has 1 aliphatic carbocycles. The molecule has 1 aliphatic heterocycles. The zero-order valence-corrected chi connectivity index (χ0v) is 19.4. The van der Waals surface area contributed by atoms with Gasteiger partial charge in [-0.25, -0.2) is 0 Å². The van der Waals surface area contributed by atoms with Crippen LogP contribution in [0.4, 0.5) is 11.4 Å². The molecule has 2 N–H and O–H groups in total. The summed E-state index contributed by atoms with van der Waals surface area (Å²) >= 11 is 0. The molecule has 8 heteroatoms. The predicted molar refractivity (Wildman–Crippen MR) is 124 cm³/mol. The van der Waals surface area contributed by atoms with Crippen LogP contribution in [-0.2, 0) is 14.3 Å². The highest BCUT2D eigenvalue weighted by Gasteiger charge is 2.45. The Balaban J connectivity index is 1.94. The van der Waals surface area contributed by atoms with Crippen molar-refractivity contribution in [1.82, 2.24) is 0 Å². The molecular weight excluding hydrogens is 424 g/mol. The Morgan fingerprint density at radius 2 is 1.58 bits per heavy atom. The number of para-hydroxylation sites is 2. The lowest BCUT2D eigenvalue weighted by Gasteiger charge is -2.33. The lowest BCUT2D eigenvalue weighted by atomic mass is 9.74. The average molecular weight is 453 g/mol. The summed E-state index contributed by atoms with van der Waals surface area (Å²) in [6, 6.07) is 10.7. The molecule has 3 atom stereocenters. The number of fused-ring (bicyclic) bond motifs is 1. The molecule has 0 unspecified atom stereocenters. The van der Waals surface area contributed by atoms with E-state index in [0.29, 0.717) is 34.8 Å². The molecule has 4 rings (SSSR count). The minimum absolute atomic E-state index is 0.214. The highest BCUT2D eigenvalue weighted by molar-refractivity contribution is 6.11. The number of hydrogen-bond acceptors (Lipinski definition) is 8. The number of ketones is 1. The second kappa shape index (κ2) is 9.05. The lowest BCUT2D eigenvalue weighted by Crippen LogP contribution is -2.39. The van der Waals surface area contributed by atoms with E-state index in [-0.39, 0.29) is 11.7 Å². The molecule has 0 bridgehead atoms. The Morgan fingerprint density at radius 3 is 2.21 bits per heavy atom. The van der Waals surface area contributed by atoms with Crippen LogP contribution in [0.3, 0.4) is 0 Å². The number of esters is 1. The van der Waals surface area contributed by atoms with Gasteiger partial charge in [-0.1, -0.05) is 19.1 Å². The summed E-state index contributed by atoms with van der Waals surface area (Å²) in [7, 11) is 5.97. The number of hydrogen-bond donors (Lipinski definition) is 2. The summed E-state index contributed by atoms with van der Waals surface area (Å²) in [6.45, 7) is 1.89. The first-order valence-corrected chi connectivity index (χ1v) is 10.7. The average Bonchev–Trinajstić information content (AvgIpc) is 2.99. The van der Waals surface area contributed by atoms with Crippen molar-refractivity contribution in [2.75, 3.05) is 39.1 Å². The molecule has 1 heterocycles. The Bertz CT molecular complexity index is 1130. The van der Waals surface area contributed by atoms with Crippen LogP contribution in [0.1, 0.15) is 24.9 Å². The van der Waals surface area contributed by atoms with Crippen molar-refractivity contribution >= 4 is 23.1 Å². The Hall–Kier alpha value is -3.68. The van der Waals surface area contributed by atoms with E-state index in [4.69, 9.17) is 18.9 Å². The van der Waals surface area contributed by atoms with E-state index in [1.165, 1.54) is 7.11 Å². The molecule has 174 valence electrons. The fraction of sp³-hybridized carbons (Fsp3) is 0.360. The van der Waals surface area contributed by atoms with Gasteiger partial charge in [-0.15, -0.1) is 0 Å². The maximum absolute atomic E-state index is 13.8. The first-order valence-electron chi connectivity index (χ1n) is 10.7. The lowest BCUT2D eigenvalue weighted by molar-refractivity contribution is -0.151. The minimum atomic E-state index is -0.882. The molecule has 0 fully saturated rings. The quantitative estimate of drug-likeness (QED) is 0.520. The second-order valence-electron chi connectivity index (χ2n) is 8.14. The molecule has 0 spiro atoms. The Labute approximate surface area is 192 Å². The van der Waals surface area contributed by atoms with Crippen LogP contribution in [0.5, 0.6) is 17.2 Å². The third-order valence-corrected chi connectivity index (χ3v) is 6.27. The number of nitrogens with one attached hydrogen (secondary N) is 2. The van der Waals surface area contributed by atoms with Crippen LogP contribution in [0.25, 0.3) is 0 Å². The number of Topliss-reactive ketones (excluding diaryl/α,β-unsaturated/α-hetero) is 1. The van der Waals surface area contributed by atoms with Crippen molar-refractivity contribution in [3.05, 3.63) is 53.2 Å². The third-order valence-electron chi connectivity index (χ3n) is 6.27. The highest BCUT2D eigenvalue weighted by Crippen LogP contribution is 2.47. The molecule has 0 saturated heterocycles. The van der Waals surface area contributed by atoms with Gasteiger partial charge in [0.15, 0.2) is 17.3 Å². The first-order chi connectivity index (χ1) is 15.9. The van der Waals surface area contributed by atoms with Crippen LogP contribution in [-0.4, -0.2) is 40.2 Å². The van der Waals surface area contributed by atoms with Crippen molar-refractivity contribution in [2.45, 2.75) is 19.4 Å². The van der Waals surface area contributed by atoms with Gasteiger partial charge in [0, 0.05) is 22.9 Å². The van der Waals surface area contributed by atoms with E-state index in [1.54, 1.807) is 33.5 Å². The van der Waals surface area contributed by atoms with Gasteiger partial charge in [0.05, 0.1) is 45.9 Å². The monoisotopic (exact) mass is 452 g/mol. The molecule has 33 heavy (non-hydrogen) atoms.